The van der Waals surface area contributed by atoms with Gasteiger partial charge in [0.25, 0.3) is 0 Å². The van der Waals surface area contributed by atoms with Crippen molar-refractivity contribution in [2.75, 3.05) is 23.9 Å². The average Bonchev–Trinajstić information content (AvgIpc) is 3.42. The minimum atomic E-state index is -3.89. The summed E-state index contributed by atoms with van der Waals surface area (Å²) in [6.45, 7) is 3.51. The van der Waals surface area contributed by atoms with Gasteiger partial charge in [0.15, 0.2) is 11.5 Å². The van der Waals surface area contributed by atoms with E-state index in [2.05, 4.69) is 21.2 Å². The standard InChI is InChI=1S/C30H34BrN3O6S/c1-4-21(2)32-30(36)26(16-22-8-6-5-7-9-22)33(18-23-10-12-24(31)13-11-23)29(35)19-34(41(3,37)38)25-14-15-27-28(17-25)40-20-39-27/h5-15,17,21,26H,4,16,18-20H2,1-3H3,(H,32,36)/t21-,26-/m0/s1. The van der Waals surface area contributed by atoms with E-state index in [1.165, 1.54) is 11.0 Å². The lowest BCUT2D eigenvalue weighted by Crippen LogP contribution is -2.54. The summed E-state index contributed by atoms with van der Waals surface area (Å²) >= 11 is 3.44. The second-order valence-corrected chi connectivity index (χ2v) is 12.8. The van der Waals surface area contributed by atoms with E-state index in [1.807, 2.05) is 68.4 Å². The molecule has 11 heteroatoms. The van der Waals surface area contributed by atoms with E-state index in [1.54, 1.807) is 12.1 Å². The molecular weight excluding hydrogens is 610 g/mol. The molecule has 0 fully saturated rings. The molecule has 0 aliphatic carbocycles. The topological polar surface area (TPSA) is 105 Å². The zero-order valence-corrected chi connectivity index (χ0v) is 25.7. The van der Waals surface area contributed by atoms with Crippen LogP contribution in [-0.4, -0.2) is 56.8 Å². The van der Waals surface area contributed by atoms with Gasteiger partial charge >= 0.3 is 0 Å². The van der Waals surface area contributed by atoms with Crippen molar-refractivity contribution >= 4 is 43.5 Å². The van der Waals surface area contributed by atoms with Crippen LogP contribution in [0.1, 0.15) is 31.4 Å². The Labute approximate surface area is 249 Å². The van der Waals surface area contributed by atoms with E-state index >= 15 is 0 Å². The van der Waals surface area contributed by atoms with Crippen LogP contribution in [0.25, 0.3) is 0 Å². The number of rotatable bonds is 12. The Kier molecular flexibility index (Phi) is 9.93. The van der Waals surface area contributed by atoms with Crippen LogP contribution in [0.2, 0.25) is 0 Å². The Morgan fingerprint density at radius 2 is 1.66 bits per heavy atom. The van der Waals surface area contributed by atoms with E-state index in [9.17, 15) is 18.0 Å². The second kappa shape index (κ2) is 13.4. The number of ether oxygens (including phenoxy) is 2. The SMILES string of the molecule is CC[C@H](C)NC(=O)[C@H](Cc1ccccc1)N(Cc1ccc(Br)cc1)C(=O)CN(c1ccc2c(c1)OCO2)S(C)(=O)=O. The fourth-order valence-corrected chi connectivity index (χ4v) is 5.54. The molecule has 0 unspecified atom stereocenters. The van der Waals surface area contributed by atoms with Gasteiger partial charge in [-0.25, -0.2) is 8.42 Å². The molecule has 0 saturated heterocycles. The summed E-state index contributed by atoms with van der Waals surface area (Å²) in [4.78, 5) is 29.3. The normalized spacial score (nSPS) is 13.8. The quantitative estimate of drug-likeness (QED) is 0.312. The summed E-state index contributed by atoms with van der Waals surface area (Å²) in [5.74, 6) is 0.0686. The molecule has 0 saturated carbocycles. The number of anilines is 1. The lowest BCUT2D eigenvalue weighted by molar-refractivity contribution is -0.140. The van der Waals surface area contributed by atoms with Crippen LogP contribution in [0.3, 0.4) is 0 Å². The Morgan fingerprint density at radius 1 is 0.976 bits per heavy atom. The van der Waals surface area contributed by atoms with Crippen molar-refractivity contribution in [2.24, 2.45) is 0 Å². The van der Waals surface area contributed by atoms with Crippen molar-refractivity contribution in [3.63, 3.8) is 0 Å². The van der Waals surface area contributed by atoms with Crippen molar-refractivity contribution in [2.45, 2.75) is 45.3 Å². The van der Waals surface area contributed by atoms with Crippen LogP contribution in [0.15, 0.2) is 77.3 Å². The van der Waals surface area contributed by atoms with Gasteiger partial charge in [0.2, 0.25) is 28.6 Å². The maximum absolute atomic E-state index is 14.1. The van der Waals surface area contributed by atoms with Gasteiger partial charge in [-0.05, 0) is 48.7 Å². The summed E-state index contributed by atoms with van der Waals surface area (Å²) in [5.41, 5.74) is 1.93. The molecule has 4 rings (SSSR count). The maximum Gasteiger partial charge on any atom is 0.244 e. The highest BCUT2D eigenvalue weighted by molar-refractivity contribution is 9.10. The number of sulfonamides is 1. The number of carbonyl (C=O) groups is 2. The molecule has 0 aromatic heterocycles. The summed E-state index contributed by atoms with van der Waals surface area (Å²) in [7, 11) is -3.89. The summed E-state index contributed by atoms with van der Waals surface area (Å²) < 4.78 is 38.6. The number of amides is 2. The first kappa shape index (κ1) is 30.4. The van der Waals surface area contributed by atoms with E-state index in [0.29, 0.717) is 11.5 Å². The molecule has 0 spiro atoms. The molecule has 1 heterocycles. The Hall–Kier alpha value is -3.57. The summed E-state index contributed by atoms with van der Waals surface area (Å²) in [5, 5.41) is 3.02. The van der Waals surface area contributed by atoms with E-state index in [-0.39, 0.29) is 37.4 Å². The van der Waals surface area contributed by atoms with Crippen molar-refractivity contribution in [3.05, 3.63) is 88.4 Å². The molecule has 1 N–H and O–H groups in total. The molecule has 41 heavy (non-hydrogen) atoms. The number of nitrogens with one attached hydrogen (secondary N) is 1. The molecule has 218 valence electrons. The smallest absolute Gasteiger partial charge is 0.244 e. The van der Waals surface area contributed by atoms with Crippen LogP contribution >= 0.6 is 15.9 Å². The van der Waals surface area contributed by atoms with E-state index in [0.717, 1.165) is 32.6 Å². The first-order valence-corrected chi connectivity index (χ1v) is 15.9. The molecule has 2 amide bonds. The largest absolute Gasteiger partial charge is 0.454 e. The average molecular weight is 645 g/mol. The highest BCUT2D eigenvalue weighted by atomic mass is 79.9. The maximum atomic E-state index is 14.1. The molecule has 1 aliphatic heterocycles. The van der Waals surface area contributed by atoms with Gasteiger partial charge < -0.3 is 19.7 Å². The van der Waals surface area contributed by atoms with Crippen LogP contribution < -0.4 is 19.1 Å². The number of halogens is 1. The number of benzene rings is 3. The predicted octanol–water partition coefficient (Wildman–Crippen LogP) is 4.50. The van der Waals surface area contributed by atoms with Crippen molar-refractivity contribution in [3.8, 4) is 11.5 Å². The van der Waals surface area contributed by atoms with Gasteiger partial charge in [-0.15, -0.1) is 0 Å². The highest BCUT2D eigenvalue weighted by Crippen LogP contribution is 2.36. The van der Waals surface area contributed by atoms with Gasteiger partial charge in [-0.2, -0.15) is 0 Å². The van der Waals surface area contributed by atoms with Gasteiger partial charge in [0.05, 0.1) is 11.9 Å². The Bertz CT molecular complexity index is 1470. The first-order chi connectivity index (χ1) is 19.5. The van der Waals surface area contributed by atoms with Crippen LogP contribution in [0.4, 0.5) is 5.69 Å². The molecule has 2 atom stereocenters. The third kappa shape index (κ3) is 8.01. The van der Waals surface area contributed by atoms with Crippen molar-refractivity contribution < 1.29 is 27.5 Å². The molecule has 3 aromatic rings. The molecule has 3 aromatic carbocycles. The monoisotopic (exact) mass is 643 g/mol. The van der Waals surface area contributed by atoms with Crippen LogP contribution in [-0.2, 0) is 32.6 Å². The van der Waals surface area contributed by atoms with E-state index < -0.39 is 28.5 Å². The van der Waals surface area contributed by atoms with Crippen LogP contribution in [0.5, 0.6) is 11.5 Å². The molecule has 9 nitrogen and oxygen atoms in total. The first-order valence-electron chi connectivity index (χ1n) is 13.3. The second-order valence-electron chi connectivity index (χ2n) is 9.98. The fraction of sp³-hybridized carbons (Fsp3) is 0.333. The number of hydrogen-bond acceptors (Lipinski definition) is 6. The van der Waals surface area contributed by atoms with Gasteiger partial charge in [-0.3, -0.25) is 13.9 Å². The number of hydrogen-bond donors (Lipinski definition) is 1. The van der Waals surface area contributed by atoms with Gasteiger partial charge in [0, 0.05) is 29.5 Å². The highest BCUT2D eigenvalue weighted by Gasteiger charge is 2.33. The summed E-state index contributed by atoms with van der Waals surface area (Å²) in [6, 6.07) is 20.6. The van der Waals surface area contributed by atoms with Gasteiger partial charge in [-0.1, -0.05) is 65.3 Å². The third-order valence-electron chi connectivity index (χ3n) is 6.86. The minimum absolute atomic E-state index is 0.0318. The predicted molar refractivity (Wildman–Crippen MR) is 161 cm³/mol. The minimum Gasteiger partial charge on any atom is -0.454 e. The van der Waals surface area contributed by atoms with Crippen LogP contribution in [0, 0.1) is 0 Å². The number of carbonyl (C=O) groups excluding carboxylic acids is 2. The Balaban J connectivity index is 1.72. The van der Waals surface area contributed by atoms with Crippen molar-refractivity contribution in [1.29, 1.82) is 0 Å². The molecule has 0 bridgehead atoms. The zero-order chi connectivity index (χ0) is 29.6. The molecule has 1 aliphatic rings. The van der Waals surface area contributed by atoms with Gasteiger partial charge in [0.1, 0.15) is 12.6 Å². The zero-order valence-electron chi connectivity index (χ0n) is 23.2. The lowest BCUT2D eigenvalue weighted by atomic mass is 10.0. The fourth-order valence-electron chi connectivity index (χ4n) is 4.44. The third-order valence-corrected chi connectivity index (χ3v) is 8.53. The number of nitrogens with zero attached hydrogens (tertiary/aromatic N) is 2. The lowest BCUT2D eigenvalue weighted by Gasteiger charge is -2.34. The molecular formula is C30H34BrN3O6S. The Morgan fingerprint density at radius 3 is 2.32 bits per heavy atom. The summed E-state index contributed by atoms with van der Waals surface area (Å²) in [6.07, 6.45) is 2.02. The molecule has 0 radical (unpaired) electrons. The van der Waals surface area contributed by atoms with E-state index in [4.69, 9.17) is 9.47 Å². The van der Waals surface area contributed by atoms with Crippen molar-refractivity contribution in [1.82, 2.24) is 10.2 Å². The number of fused-ring (bicyclic) bond motifs is 1.